The SMILES string of the molecule is O=[C]NC#CCl. The predicted molar refractivity (Wildman–Crippen MR) is 22.5 cm³/mol. The Balaban J connectivity index is 3.00. The van der Waals surface area contributed by atoms with Gasteiger partial charge in [0, 0.05) is 11.4 Å². The van der Waals surface area contributed by atoms with Gasteiger partial charge in [-0.3, -0.25) is 10.1 Å². The second-order valence-electron chi connectivity index (χ2n) is 0.447. The van der Waals surface area contributed by atoms with Gasteiger partial charge in [-0.1, -0.05) is 0 Å². The Morgan fingerprint density at radius 3 is 2.50 bits per heavy atom. The van der Waals surface area contributed by atoms with Crippen molar-refractivity contribution in [1.29, 1.82) is 0 Å². The minimum Gasteiger partial charge on any atom is -0.276 e. The van der Waals surface area contributed by atoms with E-state index < -0.39 is 0 Å². The molecule has 0 saturated carbocycles. The normalized spacial score (nSPS) is 4.83. The summed E-state index contributed by atoms with van der Waals surface area (Å²) in [5, 5.41) is 3.82. The van der Waals surface area contributed by atoms with E-state index in [-0.39, 0.29) is 0 Å². The van der Waals surface area contributed by atoms with E-state index in [4.69, 9.17) is 16.4 Å². The molecule has 0 aromatic carbocycles. The largest absolute Gasteiger partial charge is 0.321 e. The van der Waals surface area contributed by atoms with E-state index in [2.05, 4.69) is 0 Å². The van der Waals surface area contributed by atoms with Crippen molar-refractivity contribution in [2.24, 2.45) is 0 Å². The highest BCUT2D eigenvalue weighted by Crippen LogP contribution is 1.54. The summed E-state index contributed by atoms with van der Waals surface area (Å²) in [6, 6.07) is 2.04. The number of amides is 1. The highest BCUT2D eigenvalue weighted by Gasteiger charge is 1.58. The number of nitrogens with one attached hydrogen (secondary N) is 1. The summed E-state index contributed by atoms with van der Waals surface area (Å²) in [7, 11) is 0. The van der Waals surface area contributed by atoms with Crippen molar-refractivity contribution in [3.05, 3.63) is 0 Å². The quantitative estimate of drug-likeness (QED) is 0.361. The minimum absolute atomic E-state index is 1.31. The second kappa shape index (κ2) is 4.32. The highest BCUT2D eigenvalue weighted by atomic mass is 35.5. The summed E-state index contributed by atoms with van der Waals surface area (Å²) < 4.78 is 0. The van der Waals surface area contributed by atoms with Gasteiger partial charge in [-0.05, 0) is 11.6 Å². The van der Waals surface area contributed by atoms with Gasteiger partial charge in [-0.15, -0.1) is 0 Å². The lowest BCUT2D eigenvalue weighted by atomic mass is 11.1. The molecule has 0 atom stereocenters. The maximum atomic E-state index is 9.17. The topological polar surface area (TPSA) is 29.1 Å². The van der Waals surface area contributed by atoms with Gasteiger partial charge >= 0.3 is 6.41 Å². The molecular weight excluding hydrogens is 101 g/mol. The molecule has 0 aromatic heterocycles. The van der Waals surface area contributed by atoms with Gasteiger partial charge < -0.3 is 0 Å². The molecule has 0 aliphatic heterocycles. The third kappa shape index (κ3) is 3.32. The van der Waals surface area contributed by atoms with Crippen molar-refractivity contribution in [2.45, 2.75) is 0 Å². The summed E-state index contributed by atoms with van der Waals surface area (Å²) in [6.07, 6.45) is 1.31. The molecule has 6 heavy (non-hydrogen) atoms. The first-order chi connectivity index (χ1) is 2.91. The van der Waals surface area contributed by atoms with Crippen LogP contribution in [0.2, 0.25) is 0 Å². The Morgan fingerprint density at radius 1 is 1.67 bits per heavy atom. The minimum atomic E-state index is 1.31. The number of rotatable bonds is 1. The lowest BCUT2D eigenvalue weighted by Crippen LogP contribution is -1.97. The molecule has 0 rings (SSSR count). The molecule has 0 saturated heterocycles. The van der Waals surface area contributed by atoms with Crippen LogP contribution < -0.4 is 5.32 Å². The summed E-state index contributed by atoms with van der Waals surface area (Å²) in [5.41, 5.74) is 0. The molecule has 0 aliphatic carbocycles. The van der Waals surface area contributed by atoms with E-state index in [1.165, 1.54) is 6.41 Å². The first-order valence-corrected chi connectivity index (χ1v) is 1.52. The van der Waals surface area contributed by atoms with E-state index in [9.17, 15) is 0 Å². The second-order valence-corrected chi connectivity index (χ2v) is 0.636. The Kier molecular flexibility index (Phi) is 3.83. The van der Waals surface area contributed by atoms with Crippen LogP contribution in [0.3, 0.4) is 0 Å². The van der Waals surface area contributed by atoms with E-state index >= 15 is 0 Å². The van der Waals surface area contributed by atoms with Crippen molar-refractivity contribution < 1.29 is 4.79 Å². The fourth-order valence-electron chi connectivity index (χ4n) is 0.0491. The van der Waals surface area contributed by atoms with Crippen LogP contribution in [0.25, 0.3) is 0 Å². The van der Waals surface area contributed by atoms with Crippen LogP contribution in [-0.4, -0.2) is 6.41 Å². The molecule has 0 aromatic rings. The third-order valence-corrected chi connectivity index (χ3v) is 0.255. The monoisotopic (exact) mass is 102 g/mol. The zero-order chi connectivity index (χ0) is 4.83. The number of hydrogen-bond acceptors (Lipinski definition) is 1. The number of hydrogen-bond donors (Lipinski definition) is 1. The Hall–Kier alpha value is -0.680. The van der Waals surface area contributed by atoms with E-state index in [0.717, 1.165) is 0 Å². The maximum absolute atomic E-state index is 9.17. The van der Waals surface area contributed by atoms with Crippen molar-refractivity contribution >= 4 is 18.0 Å². The maximum Gasteiger partial charge on any atom is 0.321 e. The molecule has 0 spiro atoms. The van der Waals surface area contributed by atoms with Gasteiger partial charge in [0.1, 0.15) is 0 Å². The molecule has 0 fully saturated rings. The van der Waals surface area contributed by atoms with Gasteiger partial charge in [0.15, 0.2) is 0 Å². The average molecular weight is 102 g/mol. The van der Waals surface area contributed by atoms with Crippen LogP contribution in [0.15, 0.2) is 0 Å². The lowest BCUT2D eigenvalue weighted by Gasteiger charge is -1.64. The summed E-state index contributed by atoms with van der Waals surface area (Å²) in [4.78, 5) is 9.17. The van der Waals surface area contributed by atoms with Crippen LogP contribution in [0, 0.1) is 11.4 Å². The molecule has 1 N–H and O–H groups in total. The molecule has 1 amide bonds. The van der Waals surface area contributed by atoms with Gasteiger partial charge in [0.2, 0.25) is 0 Å². The van der Waals surface area contributed by atoms with Gasteiger partial charge in [-0.2, -0.15) is 0 Å². The van der Waals surface area contributed by atoms with Gasteiger partial charge in [0.25, 0.3) is 0 Å². The highest BCUT2D eigenvalue weighted by molar-refractivity contribution is 6.30. The molecular formula is C3HClNO. The zero-order valence-electron chi connectivity index (χ0n) is 2.79. The average Bonchev–Trinajstić information content (AvgIpc) is 1.61. The van der Waals surface area contributed by atoms with Gasteiger partial charge in [-0.25, -0.2) is 0 Å². The van der Waals surface area contributed by atoms with E-state index in [1.54, 1.807) is 0 Å². The fraction of sp³-hybridized carbons (Fsp3) is 0. The summed E-state index contributed by atoms with van der Waals surface area (Å²) in [6.45, 7) is 0. The molecule has 0 aliphatic rings. The molecule has 0 unspecified atom stereocenters. The summed E-state index contributed by atoms with van der Waals surface area (Å²) in [5.74, 6) is 0. The molecule has 3 heteroatoms. The molecule has 31 valence electrons. The van der Waals surface area contributed by atoms with E-state index in [0.29, 0.717) is 0 Å². The number of carbonyl (C=O) groups excluding carboxylic acids is 1. The smallest absolute Gasteiger partial charge is 0.276 e. The summed E-state index contributed by atoms with van der Waals surface area (Å²) >= 11 is 4.78. The first kappa shape index (κ1) is 5.32. The van der Waals surface area contributed by atoms with Crippen LogP contribution in [0.1, 0.15) is 0 Å². The van der Waals surface area contributed by atoms with Crippen molar-refractivity contribution in [1.82, 2.24) is 5.32 Å². The Morgan fingerprint density at radius 2 is 2.33 bits per heavy atom. The molecule has 2 nitrogen and oxygen atoms in total. The van der Waals surface area contributed by atoms with Crippen molar-refractivity contribution in [2.75, 3.05) is 0 Å². The van der Waals surface area contributed by atoms with E-state index in [1.807, 2.05) is 16.7 Å². The molecule has 1 radical (unpaired) electrons. The van der Waals surface area contributed by atoms with Crippen LogP contribution in [0.5, 0.6) is 0 Å². The predicted octanol–water partition coefficient (Wildman–Crippen LogP) is -0.200. The van der Waals surface area contributed by atoms with Crippen LogP contribution in [0.4, 0.5) is 0 Å². The first-order valence-electron chi connectivity index (χ1n) is 1.14. The number of halogens is 1. The fourth-order valence-corrected chi connectivity index (χ4v) is 0.0964. The zero-order valence-corrected chi connectivity index (χ0v) is 3.54. The Labute approximate surface area is 40.5 Å². The third-order valence-electron chi connectivity index (χ3n) is 0.161. The van der Waals surface area contributed by atoms with Gasteiger partial charge in [0.05, 0.1) is 0 Å². The molecule has 0 bridgehead atoms. The van der Waals surface area contributed by atoms with Crippen LogP contribution in [-0.2, 0) is 4.79 Å². The lowest BCUT2D eigenvalue weighted by molar-refractivity contribution is 0.551. The Bertz CT molecular complexity index is 90.7. The van der Waals surface area contributed by atoms with Crippen LogP contribution >= 0.6 is 11.6 Å². The van der Waals surface area contributed by atoms with Crippen molar-refractivity contribution in [3.8, 4) is 11.4 Å². The standard InChI is InChI=1S/C3HClNO/c4-1-2-5-3-6/h(H,5,6). The molecule has 0 heterocycles. The van der Waals surface area contributed by atoms with Crippen molar-refractivity contribution in [3.63, 3.8) is 0 Å².